The van der Waals surface area contributed by atoms with E-state index in [1.54, 1.807) is 0 Å². The summed E-state index contributed by atoms with van der Waals surface area (Å²) in [5.41, 5.74) is 6.03. The Balaban J connectivity index is 1.82. The van der Waals surface area contributed by atoms with E-state index in [4.69, 9.17) is 10.5 Å². The first kappa shape index (κ1) is 10.5. The first-order chi connectivity index (χ1) is 6.68. The molecule has 82 valence electrons. The third-order valence-corrected chi connectivity index (χ3v) is 4.22. The quantitative estimate of drug-likeness (QED) is 0.657. The second-order valence-electron chi connectivity index (χ2n) is 4.29. The van der Waals surface area contributed by atoms with Gasteiger partial charge in [0.25, 0.3) is 0 Å². The fourth-order valence-electron chi connectivity index (χ4n) is 2.03. The first-order valence-corrected chi connectivity index (χ1v) is 6.61. The average Bonchev–Trinajstić information content (AvgIpc) is 2.57. The molecule has 2 aliphatic rings. The van der Waals surface area contributed by atoms with E-state index in [0.717, 1.165) is 44.2 Å². The summed E-state index contributed by atoms with van der Waals surface area (Å²) in [5, 5.41) is 0. The van der Waals surface area contributed by atoms with Crippen LogP contribution in [0.25, 0.3) is 0 Å². The minimum absolute atomic E-state index is 0.154. The molecule has 2 heterocycles. The van der Waals surface area contributed by atoms with E-state index in [-0.39, 0.29) is 5.54 Å². The molecule has 0 spiro atoms. The van der Waals surface area contributed by atoms with E-state index in [0.29, 0.717) is 6.61 Å². The zero-order valence-electron chi connectivity index (χ0n) is 8.41. The maximum Gasteiger partial charge on any atom is 0.0659 e. The summed E-state index contributed by atoms with van der Waals surface area (Å²) in [6.45, 7) is 4.20. The van der Waals surface area contributed by atoms with Crippen molar-refractivity contribution in [3.63, 3.8) is 0 Å². The second kappa shape index (κ2) is 4.26. The highest BCUT2D eigenvalue weighted by Gasteiger charge is 2.33. The number of ether oxygens (including phenoxy) is 1. The summed E-state index contributed by atoms with van der Waals surface area (Å²) in [5.74, 6) is 1.61. The van der Waals surface area contributed by atoms with Crippen LogP contribution in [0.15, 0.2) is 0 Å². The van der Waals surface area contributed by atoms with Gasteiger partial charge in [-0.25, -0.2) is 0 Å². The highest BCUT2D eigenvalue weighted by atomic mass is 32.2. The van der Waals surface area contributed by atoms with Crippen molar-refractivity contribution in [2.24, 2.45) is 5.73 Å². The zero-order valence-corrected chi connectivity index (χ0v) is 9.22. The molecule has 0 bridgehead atoms. The lowest BCUT2D eigenvalue weighted by atomic mass is 10.00. The lowest BCUT2D eigenvalue weighted by Crippen LogP contribution is -2.53. The van der Waals surface area contributed by atoms with Gasteiger partial charge in [0, 0.05) is 48.5 Å². The molecule has 1 unspecified atom stereocenters. The van der Waals surface area contributed by atoms with Gasteiger partial charge in [0.05, 0.1) is 12.1 Å². The van der Waals surface area contributed by atoms with Crippen LogP contribution in [0.5, 0.6) is 0 Å². The Bertz CT molecular complexity index is 219. The Labute approximate surface area is 87.2 Å². The highest BCUT2D eigenvalue weighted by molar-refractivity contribution is 7.85. The molecule has 5 heteroatoms. The molecule has 0 amide bonds. The highest BCUT2D eigenvalue weighted by Crippen LogP contribution is 2.17. The van der Waals surface area contributed by atoms with E-state index in [1.807, 2.05) is 0 Å². The predicted molar refractivity (Wildman–Crippen MR) is 56.7 cm³/mol. The SMILES string of the molecule is NC1(CN2CCS(=O)CC2)CCOC1. The largest absolute Gasteiger partial charge is 0.379 e. The van der Waals surface area contributed by atoms with Crippen LogP contribution in [0.2, 0.25) is 0 Å². The van der Waals surface area contributed by atoms with Crippen molar-refractivity contribution in [2.45, 2.75) is 12.0 Å². The molecule has 0 aromatic rings. The summed E-state index contributed by atoms with van der Waals surface area (Å²) in [4.78, 5) is 2.32. The molecule has 14 heavy (non-hydrogen) atoms. The summed E-state index contributed by atoms with van der Waals surface area (Å²) in [6, 6.07) is 0. The standard InChI is InChI=1S/C9H18N2O2S/c10-9(1-4-13-8-9)7-11-2-5-14(12)6-3-11/h1-8,10H2. The van der Waals surface area contributed by atoms with E-state index < -0.39 is 10.8 Å². The molecular weight excluding hydrogens is 200 g/mol. The average molecular weight is 218 g/mol. The predicted octanol–water partition coefficient (Wildman–Crippen LogP) is -0.831. The van der Waals surface area contributed by atoms with Crippen LogP contribution in [-0.4, -0.2) is 59.0 Å². The molecule has 0 aliphatic carbocycles. The molecule has 2 saturated heterocycles. The maximum atomic E-state index is 11.2. The molecule has 0 aromatic heterocycles. The van der Waals surface area contributed by atoms with Gasteiger partial charge in [-0.15, -0.1) is 0 Å². The minimum Gasteiger partial charge on any atom is -0.379 e. The molecule has 2 aliphatic heterocycles. The van der Waals surface area contributed by atoms with E-state index in [9.17, 15) is 4.21 Å². The monoisotopic (exact) mass is 218 g/mol. The van der Waals surface area contributed by atoms with Crippen molar-refractivity contribution in [3.8, 4) is 0 Å². The van der Waals surface area contributed by atoms with E-state index in [1.165, 1.54) is 0 Å². The Morgan fingerprint density at radius 3 is 2.71 bits per heavy atom. The molecular formula is C9H18N2O2S. The summed E-state index contributed by atoms with van der Waals surface area (Å²) in [6.07, 6.45) is 0.951. The lowest BCUT2D eigenvalue weighted by Gasteiger charge is -2.33. The van der Waals surface area contributed by atoms with Gasteiger partial charge in [-0.1, -0.05) is 0 Å². The van der Waals surface area contributed by atoms with Gasteiger partial charge in [0.15, 0.2) is 0 Å². The van der Waals surface area contributed by atoms with Crippen LogP contribution in [0.4, 0.5) is 0 Å². The van der Waals surface area contributed by atoms with Gasteiger partial charge < -0.3 is 10.5 Å². The fourth-order valence-corrected chi connectivity index (χ4v) is 3.15. The zero-order chi connectivity index (χ0) is 10.0. The molecule has 0 radical (unpaired) electrons. The molecule has 4 nitrogen and oxygen atoms in total. The Hall–Kier alpha value is 0.0300. The van der Waals surface area contributed by atoms with Crippen LogP contribution < -0.4 is 5.73 Å². The van der Waals surface area contributed by atoms with Crippen LogP contribution in [0.3, 0.4) is 0 Å². The Morgan fingerprint density at radius 1 is 1.43 bits per heavy atom. The molecule has 0 aromatic carbocycles. The number of rotatable bonds is 2. The van der Waals surface area contributed by atoms with E-state index >= 15 is 0 Å². The minimum atomic E-state index is -0.591. The van der Waals surface area contributed by atoms with Crippen LogP contribution >= 0.6 is 0 Å². The third-order valence-electron chi connectivity index (χ3n) is 2.94. The van der Waals surface area contributed by atoms with Gasteiger partial charge in [-0.2, -0.15) is 0 Å². The van der Waals surface area contributed by atoms with Gasteiger partial charge in [-0.05, 0) is 6.42 Å². The first-order valence-electron chi connectivity index (χ1n) is 5.12. The molecule has 2 N–H and O–H groups in total. The number of hydrogen-bond acceptors (Lipinski definition) is 4. The van der Waals surface area contributed by atoms with Gasteiger partial charge in [0.2, 0.25) is 0 Å². The fraction of sp³-hybridized carbons (Fsp3) is 1.00. The van der Waals surface area contributed by atoms with Gasteiger partial charge in [-0.3, -0.25) is 9.11 Å². The van der Waals surface area contributed by atoms with Crippen LogP contribution in [-0.2, 0) is 15.5 Å². The molecule has 2 fully saturated rings. The normalized spacial score (nSPS) is 36.4. The summed E-state index contributed by atoms with van der Waals surface area (Å²) < 4.78 is 16.5. The van der Waals surface area contributed by atoms with Crippen LogP contribution in [0, 0.1) is 0 Å². The van der Waals surface area contributed by atoms with Crippen molar-refractivity contribution < 1.29 is 8.95 Å². The molecule has 1 atom stereocenters. The third kappa shape index (κ3) is 2.53. The van der Waals surface area contributed by atoms with Crippen molar-refractivity contribution >= 4 is 10.8 Å². The number of nitrogens with two attached hydrogens (primary N) is 1. The molecule has 2 rings (SSSR count). The second-order valence-corrected chi connectivity index (χ2v) is 5.99. The lowest BCUT2D eigenvalue weighted by molar-refractivity contribution is 0.156. The van der Waals surface area contributed by atoms with Gasteiger partial charge >= 0.3 is 0 Å². The van der Waals surface area contributed by atoms with E-state index in [2.05, 4.69) is 4.90 Å². The smallest absolute Gasteiger partial charge is 0.0659 e. The van der Waals surface area contributed by atoms with Gasteiger partial charge in [0.1, 0.15) is 0 Å². The maximum absolute atomic E-state index is 11.2. The summed E-state index contributed by atoms with van der Waals surface area (Å²) >= 11 is 0. The van der Waals surface area contributed by atoms with Crippen molar-refractivity contribution in [3.05, 3.63) is 0 Å². The summed E-state index contributed by atoms with van der Waals surface area (Å²) in [7, 11) is -0.591. The number of nitrogens with zero attached hydrogens (tertiary/aromatic N) is 1. The van der Waals surface area contributed by atoms with Crippen molar-refractivity contribution in [2.75, 3.05) is 44.4 Å². The Kier molecular flexibility index (Phi) is 3.21. The van der Waals surface area contributed by atoms with Crippen molar-refractivity contribution in [1.29, 1.82) is 0 Å². The van der Waals surface area contributed by atoms with Crippen molar-refractivity contribution in [1.82, 2.24) is 4.90 Å². The molecule has 0 saturated carbocycles. The topological polar surface area (TPSA) is 55.6 Å². The number of hydrogen-bond donors (Lipinski definition) is 1. The Morgan fingerprint density at radius 2 is 2.14 bits per heavy atom. The van der Waals surface area contributed by atoms with Crippen LogP contribution in [0.1, 0.15) is 6.42 Å².